The van der Waals surface area contributed by atoms with Crippen molar-refractivity contribution < 1.29 is 19.2 Å². The predicted molar refractivity (Wildman–Crippen MR) is 94.3 cm³/mol. The third kappa shape index (κ3) is 6.38. The van der Waals surface area contributed by atoms with Crippen molar-refractivity contribution in [1.82, 2.24) is 4.98 Å². The van der Waals surface area contributed by atoms with Crippen LogP contribution in [-0.2, 0) is 11.2 Å². The lowest BCUT2D eigenvalue weighted by Crippen LogP contribution is -2.27. The number of nitrogens with one attached hydrogen (secondary N) is 1. The summed E-state index contributed by atoms with van der Waals surface area (Å²) in [5.74, 6) is 0.549. The lowest BCUT2D eigenvalue weighted by Gasteiger charge is -2.18. The van der Waals surface area contributed by atoms with Gasteiger partial charge in [0.05, 0.1) is 17.2 Å². The number of nitro groups is 1. The Morgan fingerprint density at radius 2 is 2.00 bits per heavy atom. The monoisotopic (exact) mass is 365 g/mol. The molecule has 1 aromatic carbocycles. The molecular weight excluding hydrogens is 346 g/mol. The van der Waals surface area contributed by atoms with Gasteiger partial charge < -0.3 is 9.47 Å². The van der Waals surface area contributed by atoms with Gasteiger partial charge in [-0.1, -0.05) is 0 Å². The molecule has 2 rings (SSSR count). The predicted octanol–water partition coefficient (Wildman–Crippen LogP) is 4.02. The molecule has 9 heteroatoms. The van der Waals surface area contributed by atoms with Crippen LogP contribution >= 0.6 is 11.3 Å². The number of thiazole rings is 1. The maximum Gasteiger partial charge on any atom is 0.413 e. The molecule has 2 aromatic rings. The van der Waals surface area contributed by atoms with Crippen LogP contribution in [0.25, 0.3) is 0 Å². The molecule has 1 heterocycles. The lowest BCUT2D eigenvalue weighted by atomic mass is 10.2. The fraction of sp³-hybridized carbons (Fsp3) is 0.375. The standard InChI is InChI=1S/C16H19N3O5S/c1-16(2,3)24-15(20)18-14-17-11(10-25-14)8-9-23-13-6-4-12(5-7-13)19(21)22/h4-7,10H,8-9H2,1-3H3,(H,17,18,20). The summed E-state index contributed by atoms with van der Waals surface area (Å²) in [5.41, 5.74) is 0.227. The van der Waals surface area contributed by atoms with Crippen LogP contribution in [0.3, 0.4) is 0 Å². The van der Waals surface area contributed by atoms with Gasteiger partial charge in [0.1, 0.15) is 11.4 Å². The zero-order valence-electron chi connectivity index (χ0n) is 14.1. The summed E-state index contributed by atoms with van der Waals surface area (Å²) in [4.78, 5) is 26.1. The van der Waals surface area contributed by atoms with Crippen molar-refractivity contribution in [2.24, 2.45) is 0 Å². The van der Waals surface area contributed by atoms with E-state index >= 15 is 0 Å². The molecule has 0 aliphatic rings. The van der Waals surface area contributed by atoms with Crippen LogP contribution in [0.1, 0.15) is 26.5 Å². The fourth-order valence-corrected chi connectivity index (χ4v) is 2.54. The van der Waals surface area contributed by atoms with Gasteiger partial charge in [0.15, 0.2) is 5.13 Å². The third-order valence-electron chi connectivity index (χ3n) is 2.83. The SMILES string of the molecule is CC(C)(C)OC(=O)Nc1nc(CCOc2ccc([N+](=O)[O-])cc2)cs1. The minimum Gasteiger partial charge on any atom is -0.493 e. The summed E-state index contributed by atoms with van der Waals surface area (Å²) in [6.45, 7) is 5.73. The number of nitrogens with zero attached hydrogens (tertiary/aromatic N) is 2. The first-order chi connectivity index (χ1) is 11.7. The number of anilines is 1. The van der Waals surface area contributed by atoms with Gasteiger partial charge in [0.2, 0.25) is 0 Å². The molecule has 134 valence electrons. The first-order valence-electron chi connectivity index (χ1n) is 7.54. The maximum absolute atomic E-state index is 11.7. The van der Waals surface area contributed by atoms with E-state index in [0.717, 1.165) is 5.69 Å². The number of carbonyl (C=O) groups is 1. The van der Waals surface area contributed by atoms with E-state index in [4.69, 9.17) is 9.47 Å². The van der Waals surface area contributed by atoms with Gasteiger partial charge in [0.25, 0.3) is 5.69 Å². The highest BCUT2D eigenvalue weighted by Crippen LogP contribution is 2.19. The Hall–Kier alpha value is -2.68. The smallest absolute Gasteiger partial charge is 0.413 e. The van der Waals surface area contributed by atoms with E-state index in [1.165, 1.54) is 23.5 Å². The van der Waals surface area contributed by atoms with Crippen molar-refractivity contribution in [2.75, 3.05) is 11.9 Å². The number of aromatic nitrogens is 1. The number of hydrogen-bond donors (Lipinski definition) is 1. The van der Waals surface area contributed by atoms with Crippen LogP contribution in [0.5, 0.6) is 5.75 Å². The summed E-state index contributed by atoms with van der Waals surface area (Å²) >= 11 is 1.30. The number of carbonyl (C=O) groups excluding carboxylic acids is 1. The highest BCUT2D eigenvalue weighted by atomic mass is 32.1. The van der Waals surface area contributed by atoms with E-state index in [9.17, 15) is 14.9 Å². The van der Waals surface area contributed by atoms with E-state index in [0.29, 0.717) is 23.9 Å². The highest BCUT2D eigenvalue weighted by Gasteiger charge is 2.17. The Kier molecular flexibility index (Phi) is 5.92. The Balaban J connectivity index is 1.79. The van der Waals surface area contributed by atoms with Crippen LogP contribution in [-0.4, -0.2) is 28.2 Å². The van der Waals surface area contributed by atoms with Crippen molar-refractivity contribution in [3.8, 4) is 5.75 Å². The first-order valence-corrected chi connectivity index (χ1v) is 8.42. The number of hydrogen-bond acceptors (Lipinski definition) is 7. The Morgan fingerprint density at radius 3 is 2.60 bits per heavy atom. The summed E-state index contributed by atoms with van der Waals surface area (Å²) in [6, 6.07) is 5.88. The second-order valence-electron chi connectivity index (χ2n) is 6.12. The van der Waals surface area contributed by atoms with Gasteiger partial charge in [-0.3, -0.25) is 15.4 Å². The molecule has 25 heavy (non-hydrogen) atoms. The van der Waals surface area contributed by atoms with Crippen LogP contribution in [0, 0.1) is 10.1 Å². The molecule has 0 atom stereocenters. The number of amides is 1. The van der Waals surface area contributed by atoms with Crippen LogP contribution in [0.4, 0.5) is 15.6 Å². The molecule has 0 fully saturated rings. The van der Waals surface area contributed by atoms with Crippen molar-refractivity contribution in [2.45, 2.75) is 32.8 Å². The molecule has 0 bridgehead atoms. The normalized spacial score (nSPS) is 11.0. The number of benzene rings is 1. The highest BCUT2D eigenvalue weighted by molar-refractivity contribution is 7.13. The Labute approximate surface area is 148 Å². The quantitative estimate of drug-likeness (QED) is 0.612. The lowest BCUT2D eigenvalue weighted by molar-refractivity contribution is -0.384. The van der Waals surface area contributed by atoms with Gasteiger partial charge in [-0.05, 0) is 32.9 Å². The maximum atomic E-state index is 11.7. The van der Waals surface area contributed by atoms with Crippen molar-refractivity contribution >= 4 is 28.2 Å². The van der Waals surface area contributed by atoms with E-state index in [2.05, 4.69) is 10.3 Å². The average Bonchev–Trinajstić information content (AvgIpc) is 2.93. The van der Waals surface area contributed by atoms with Crippen molar-refractivity contribution in [1.29, 1.82) is 0 Å². The zero-order chi connectivity index (χ0) is 18.4. The molecule has 1 amide bonds. The van der Waals surface area contributed by atoms with E-state index < -0.39 is 16.6 Å². The fourth-order valence-electron chi connectivity index (χ4n) is 1.81. The summed E-state index contributed by atoms with van der Waals surface area (Å²) in [6.07, 6.45) is -0.000681. The average molecular weight is 365 g/mol. The molecule has 1 aromatic heterocycles. The second kappa shape index (κ2) is 7.93. The number of ether oxygens (including phenoxy) is 2. The minimum atomic E-state index is -0.567. The molecule has 1 N–H and O–H groups in total. The zero-order valence-corrected chi connectivity index (χ0v) is 15.0. The van der Waals surface area contributed by atoms with Gasteiger partial charge in [-0.2, -0.15) is 0 Å². The molecule has 0 aliphatic carbocycles. The first kappa shape index (κ1) is 18.7. The molecule has 8 nitrogen and oxygen atoms in total. The molecule has 0 saturated heterocycles. The van der Waals surface area contributed by atoms with E-state index in [1.54, 1.807) is 32.9 Å². The number of non-ortho nitro benzene ring substituents is 1. The topological polar surface area (TPSA) is 104 Å². The van der Waals surface area contributed by atoms with Gasteiger partial charge in [-0.25, -0.2) is 9.78 Å². The van der Waals surface area contributed by atoms with Crippen molar-refractivity contribution in [3.05, 3.63) is 45.5 Å². The summed E-state index contributed by atoms with van der Waals surface area (Å²) < 4.78 is 10.7. The molecule has 0 spiro atoms. The second-order valence-corrected chi connectivity index (χ2v) is 6.98. The minimum absolute atomic E-state index is 0.0183. The Bertz CT molecular complexity index is 737. The van der Waals surface area contributed by atoms with Crippen LogP contribution in [0.15, 0.2) is 29.6 Å². The third-order valence-corrected chi connectivity index (χ3v) is 3.64. The van der Waals surface area contributed by atoms with Crippen molar-refractivity contribution in [3.63, 3.8) is 0 Å². The van der Waals surface area contributed by atoms with Gasteiger partial charge in [-0.15, -0.1) is 11.3 Å². The summed E-state index contributed by atoms with van der Waals surface area (Å²) in [5, 5.41) is 15.5. The number of rotatable bonds is 6. The van der Waals surface area contributed by atoms with E-state index in [-0.39, 0.29) is 5.69 Å². The van der Waals surface area contributed by atoms with Gasteiger partial charge >= 0.3 is 6.09 Å². The van der Waals surface area contributed by atoms with E-state index in [1.807, 2.05) is 5.38 Å². The molecule has 0 aliphatic heterocycles. The van der Waals surface area contributed by atoms with Crippen LogP contribution in [0.2, 0.25) is 0 Å². The number of nitro benzene ring substituents is 1. The van der Waals surface area contributed by atoms with Gasteiger partial charge in [0, 0.05) is 23.9 Å². The molecule has 0 radical (unpaired) electrons. The van der Waals surface area contributed by atoms with Crippen LogP contribution < -0.4 is 10.1 Å². The molecular formula is C16H19N3O5S. The Morgan fingerprint density at radius 1 is 1.32 bits per heavy atom. The molecule has 0 unspecified atom stereocenters. The largest absolute Gasteiger partial charge is 0.493 e. The molecule has 0 saturated carbocycles. The summed E-state index contributed by atoms with van der Waals surface area (Å²) in [7, 11) is 0.